The highest BCUT2D eigenvalue weighted by Crippen LogP contribution is 2.40. The van der Waals surface area contributed by atoms with Crippen LogP contribution in [0.1, 0.15) is 28.6 Å². The van der Waals surface area contributed by atoms with Crippen LogP contribution in [0.4, 0.5) is 5.69 Å². The van der Waals surface area contributed by atoms with Gasteiger partial charge in [0.25, 0.3) is 0 Å². The van der Waals surface area contributed by atoms with E-state index in [1.165, 1.54) is 0 Å². The topological polar surface area (TPSA) is 66.1 Å². The second-order valence-electron chi connectivity index (χ2n) is 7.11. The zero-order chi connectivity index (χ0) is 21.1. The molecule has 3 rings (SSSR count). The van der Waals surface area contributed by atoms with Gasteiger partial charge >= 0.3 is 5.97 Å². The minimum atomic E-state index is -0.454. The van der Waals surface area contributed by atoms with Crippen molar-refractivity contribution >= 4 is 38.6 Å². The van der Waals surface area contributed by atoms with Gasteiger partial charge in [-0.3, -0.25) is 0 Å². The second-order valence-corrected chi connectivity index (χ2v) is 7.96. The molecule has 0 spiro atoms. The molecule has 0 aliphatic heterocycles. The molecule has 2 aromatic carbocycles. The number of fused-ring (bicyclic) bond motifs is 1. The highest BCUT2D eigenvalue weighted by Gasteiger charge is 2.27. The average Bonchev–Trinajstić information content (AvgIpc) is 3.03. The number of hydrogen-bond donors (Lipinski definition) is 1. The molecule has 0 atom stereocenters. The highest BCUT2D eigenvalue weighted by atomic mass is 79.9. The van der Waals surface area contributed by atoms with Crippen LogP contribution in [0.2, 0.25) is 0 Å². The lowest BCUT2D eigenvalue weighted by Gasteiger charge is -2.18. The molecule has 0 aliphatic carbocycles. The van der Waals surface area contributed by atoms with Crippen molar-refractivity contribution in [3.63, 3.8) is 0 Å². The van der Waals surface area contributed by atoms with E-state index in [0.717, 1.165) is 5.69 Å². The van der Waals surface area contributed by atoms with Gasteiger partial charge in [0.1, 0.15) is 22.7 Å². The van der Waals surface area contributed by atoms with Crippen molar-refractivity contribution in [1.82, 2.24) is 4.90 Å². The first-order chi connectivity index (χ1) is 13.8. The third kappa shape index (κ3) is 4.41. The number of hydrogen-bond acceptors (Lipinski definition) is 6. The molecule has 0 saturated heterocycles. The molecule has 1 aromatic heterocycles. The first kappa shape index (κ1) is 21.2. The molecule has 1 N–H and O–H groups in total. The fourth-order valence-electron chi connectivity index (χ4n) is 3.33. The van der Waals surface area contributed by atoms with Crippen molar-refractivity contribution in [1.29, 1.82) is 0 Å². The Hall–Kier alpha value is -2.51. The average molecular weight is 461 g/mol. The summed E-state index contributed by atoms with van der Waals surface area (Å²) in [4.78, 5) is 16.8. The van der Waals surface area contributed by atoms with E-state index in [1.807, 2.05) is 61.3 Å². The maximum atomic E-state index is 12.9. The SMILES string of the molecule is CCOC(=O)c1c(CN(C)c2ccccc2)oc2cc(Br)c(O)c(CN(C)C)c12. The number of ether oxygens (including phenoxy) is 1. The lowest BCUT2D eigenvalue weighted by molar-refractivity contribution is 0.0525. The van der Waals surface area contributed by atoms with E-state index in [4.69, 9.17) is 9.15 Å². The summed E-state index contributed by atoms with van der Waals surface area (Å²) in [5.41, 5.74) is 2.52. The number of carbonyl (C=O) groups is 1. The predicted octanol–water partition coefficient (Wildman–Crippen LogP) is 4.78. The predicted molar refractivity (Wildman–Crippen MR) is 117 cm³/mol. The van der Waals surface area contributed by atoms with Gasteiger partial charge in [-0.2, -0.15) is 0 Å². The van der Waals surface area contributed by atoms with E-state index in [2.05, 4.69) is 15.9 Å². The van der Waals surface area contributed by atoms with Crippen LogP contribution in [-0.4, -0.2) is 43.7 Å². The molecule has 0 unspecified atom stereocenters. The molecule has 154 valence electrons. The third-order valence-corrected chi connectivity index (χ3v) is 5.22. The van der Waals surface area contributed by atoms with Crippen LogP contribution in [-0.2, 0) is 17.8 Å². The first-order valence-corrected chi connectivity index (χ1v) is 10.2. The lowest BCUT2D eigenvalue weighted by atomic mass is 10.0. The monoisotopic (exact) mass is 460 g/mol. The number of benzene rings is 2. The maximum absolute atomic E-state index is 12.9. The molecule has 1 heterocycles. The zero-order valence-corrected chi connectivity index (χ0v) is 18.6. The number of para-hydroxylation sites is 1. The van der Waals surface area contributed by atoms with Gasteiger partial charge < -0.3 is 24.1 Å². The Morgan fingerprint density at radius 1 is 1.17 bits per heavy atom. The minimum absolute atomic E-state index is 0.0977. The second kappa shape index (κ2) is 8.88. The zero-order valence-electron chi connectivity index (χ0n) is 17.0. The number of rotatable bonds is 7. The van der Waals surface area contributed by atoms with E-state index in [0.29, 0.717) is 45.4 Å². The summed E-state index contributed by atoms with van der Waals surface area (Å²) in [6.07, 6.45) is 0. The number of halogens is 1. The number of phenolic OH excluding ortho intramolecular Hbond substituents is 1. The van der Waals surface area contributed by atoms with Gasteiger partial charge in [0, 0.05) is 30.2 Å². The minimum Gasteiger partial charge on any atom is -0.506 e. The van der Waals surface area contributed by atoms with Gasteiger partial charge in [-0.05, 0) is 55.1 Å². The van der Waals surface area contributed by atoms with Gasteiger partial charge in [-0.1, -0.05) is 18.2 Å². The molecule has 0 saturated carbocycles. The summed E-state index contributed by atoms with van der Waals surface area (Å²) in [6.45, 7) is 2.85. The molecule has 0 bridgehead atoms. The van der Waals surface area contributed by atoms with Gasteiger partial charge in [-0.25, -0.2) is 4.79 Å². The molecule has 3 aromatic rings. The maximum Gasteiger partial charge on any atom is 0.342 e. The van der Waals surface area contributed by atoms with Crippen molar-refractivity contribution in [2.75, 3.05) is 32.6 Å². The molecule has 0 fully saturated rings. The summed E-state index contributed by atoms with van der Waals surface area (Å²) in [5.74, 6) is 0.146. The smallest absolute Gasteiger partial charge is 0.342 e. The number of nitrogens with zero attached hydrogens (tertiary/aromatic N) is 2. The van der Waals surface area contributed by atoms with Crippen LogP contribution in [0.15, 0.2) is 45.3 Å². The number of anilines is 1. The number of furan rings is 1. The van der Waals surface area contributed by atoms with Gasteiger partial charge in [-0.15, -0.1) is 0 Å². The van der Waals surface area contributed by atoms with Gasteiger partial charge in [0.05, 0.1) is 17.6 Å². The van der Waals surface area contributed by atoms with Gasteiger partial charge in [0.2, 0.25) is 0 Å². The molecule has 0 aliphatic rings. The molecule has 0 radical (unpaired) electrons. The normalized spacial score (nSPS) is 11.2. The van der Waals surface area contributed by atoms with Crippen LogP contribution in [0.3, 0.4) is 0 Å². The van der Waals surface area contributed by atoms with Crippen LogP contribution < -0.4 is 4.90 Å². The van der Waals surface area contributed by atoms with Crippen LogP contribution in [0.5, 0.6) is 5.75 Å². The highest BCUT2D eigenvalue weighted by molar-refractivity contribution is 9.10. The fourth-order valence-corrected chi connectivity index (χ4v) is 3.78. The summed E-state index contributed by atoms with van der Waals surface area (Å²) < 4.78 is 12.0. The number of esters is 1. The summed E-state index contributed by atoms with van der Waals surface area (Å²) >= 11 is 3.39. The Balaban J connectivity index is 2.18. The largest absolute Gasteiger partial charge is 0.506 e. The Kier molecular flexibility index (Phi) is 6.49. The van der Waals surface area contributed by atoms with Gasteiger partial charge in [0.15, 0.2) is 0 Å². The number of phenols is 1. The van der Waals surface area contributed by atoms with Crippen LogP contribution in [0.25, 0.3) is 11.0 Å². The van der Waals surface area contributed by atoms with E-state index >= 15 is 0 Å². The van der Waals surface area contributed by atoms with Crippen molar-refractivity contribution in [3.05, 3.63) is 57.8 Å². The van der Waals surface area contributed by atoms with Crippen LogP contribution in [0, 0.1) is 0 Å². The van der Waals surface area contributed by atoms with Crippen molar-refractivity contribution in [2.24, 2.45) is 0 Å². The molecule has 0 amide bonds. The van der Waals surface area contributed by atoms with E-state index in [1.54, 1.807) is 13.0 Å². The van der Waals surface area contributed by atoms with Crippen molar-refractivity contribution in [2.45, 2.75) is 20.0 Å². The van der Waals surface area contributed by atoms with Crippen LogP contribution >= 0.6 is 15.9 Å². The fraction of sp³-hybridized carbons (Fsp3) is 0.318. The van der Waals surface area contributed by atoms with E-state index < -0.39 is 5.97 Å². The van der Waals surface area contributed by atoms with Crippen molar-refractivity contribution in [3.8, 4) is 5.75 Å². The summed E-state index contributed by atoms with van der Waals surface area (Å²) in [5, 5.41) is 11.3. The quantitative estimate of drug-likeness (QED) is 0.511. The number of aromatic hydroxyl groups is 1. The molecule has 7 heteroatoms. The van der Waals surface area contributed by atoms with E-state index in [-0.39, 0.29) is 12.4 Å². The lowest BCUT2D eigenvalue weighted by Crippen LogP contribution is -2.18. The first-order valence-electron chi connectivity index (χ1n) is 9.37. The standard InChI is InChI=1S/C22H25BrN2O4/c1-5-28-22(27)20-18(13-25(4)14-9-7-6-8-10-14)29-17-11-16(23)21(26)15(19(17)20)12-24(2)3/h6-11,26H,5,12-13H2,1-4H3. The number of carbonyl (C=O) groups excluding carboxylic acids is 1. The molecule has 6 nitrogen and oxygen atoms in total. The molecule has 29 heavy (non-hydrogen) atoms. The molecular formula is C22H25BrN2O4. The Morgan fingerprint density at radius 2 is 1.86 bits per heavy atom. The van der Waals surface area contributed by atoms with E-state index in [9.17, 15) is 9.90 Å². The Morgan fingerprint density at radius 3 is 2.48 bits per heavy atom. The summed E-state index contributed by atoms with van der Waals surface area (Å²) in [7, 11) is 5.74. The third-order valence-electron chi connectivity index (χ3n) is 4.61. The molecular weight excluding hydrogens is 436 g/mol. The summed E-state index contributed by atoms with van der Waals surface area (Å²) in [6, 6.07) is 11.6. The Labute approximate surface area is 178 Å². The van der Waals surface area contributed by atoms with Crippen molar-refractivity contribution < 1.29 is 19.1 Å². The Bertz CT molecular complexity index is 1010.